The standard InChI is InChI=1S/C14H22ClN3O2/c1-4-5-16-13-7-11(6-12(15)18-13)14(19)17-8-10(2)9-20-3/h6-7,10H,4-5,8-9H2,1-3H3,(H,16,18)(H,17,19). The van der Waals surface area contributed by atoms with Crippen molar-refractivity contribution >= 4 is 23.3 Å². The van der Waals surface area contributed by atoms with Crippen LogP contribution in [0.2, 0.25) is 5.15 Å². The summed E-state index contributed by atoms with van der Waals surface area (Å²) in [7, 11) is 1.65. The molecule has 20 heavy (non-hydrogen) atoms. The molecule has 0 bridgehead atoms. The third-order valence-corrected chi connectivity index (χ3v) is 2.87. The number of aromatic nitrogens is 1. The number of nitrogens with one attached hydrogen (secondary N) is 2. The average molecular weight is 300 g/mol. The molecule has 1 atom stereocenters. The summed E-state index contributed by atoms with van der Waals surface area (Å²) in [6.07, 6.45) is 0.976. The molecule has 112 valence electrons. The molecule has 1 aromatic heterocycles. The lowest BCUT2D eigenvalue weighted by Crippen LogP contribution is -2.30. The lowest BCUT2D eigenvalue weighted by Gasteiger charge is -2.12. The van der Waals surface area contributed by atoms with Crippen LogP contribution in [0.1, 0.15) is 30.6 Å². The largest absolute Gasteiger partial charge is 0.384 e. The maximum atomic E-state index is 12.1. The Kier molecular flexibility index (Phi) is 7.33. The molecule has 0 fully saturated rings. The minimum Gasteiger partial charge on any atom is -0.384 e. The van der Waals surface area contributed by atoms with Gasteiger partial charge in [-0.25, -0.2) is 4.98 Å². The summed E-state index contributed by atoms with van der Waals surface area (Å²) in [6.45, 7) is 6.03. The first-order chi connectivity index (χ1) is 9.56. The van der Waals surface area contributed by atoms with Crippen LogP contribution in [0, 0.1) is 5.92 Å². The van der Waals surface area contributed by atoms with Gasteiger partial charge in [-0.05, 0) is 24.5 Å². The zero-order valence-corrected chi connectivity index (χ0v) is 13.0. The molecular weight excluding hydrogens is 278 g/mol. The van der Waals surface area contributed by atoms with Crippen molar-refractivity contribution in [3.05, 3.63) is 22.8 Å². The van der Waals surface area contributed by atoms with Crippen LogP contribution in [-0.2, 0) is 4.74 Å². The number of rotatable bonds is 8. The Morgan fingerprint density at radius 2 is 2.25 bits per heavy atom. The fraction of sp³-hybridized carbons (Fsp3) is 0.571. The van der Waals surface area contributed by atoms with Crippen molar-refractivity contribution in [3.63, 3.8) is 0 Å². The lowest BCUT2D eigenvalue weighted by molar-refractivity contribution is 0.0934. The van der Waals surface area contributed by atoms with Crippen LogP contribution in [0.25, 0.3) is 0 Å². The fourth-order valence-electron chi connectivity index (χ4n) is 1.68. The summed E-state index contributed by atoms with van der Waals surface area (Å²) in [4.78, 5) is 16.2. The van der Waals surface area contributed by atoms with E-state index in [0.29, 0.717) is 29.7 Å². The quantitative estimate of drug-likeness (QED) is 0.724. The lowest BCUT2D eigenvalue weighted by atomic mass is 10.2. The Balaban J connectivity index is 2.64. The second-order valence-electron chi connectivity index (χ2n) is 4.76. The number of anilines is 1. The van der Waals surface area contributed by atoms with E-state index in [1.807, 2.05) is 6.92 Å². The Hall–Kier alpha value is -1.33. The molecule has 0 saturated heterocycles. The Morgan fingerprint density at radius 1 is 1.50 bits per heavy atom. The van der Waals surface area contributed by atoms with Crippen molar-refractivity contribution in [1.82, 2.24) is 10.3 Å². The summed E-state index contributed by atoms with van der Waals surface area (Å²) in [6, 6.07) is 3.27. The summed E-state index contributed by atoms with van der Waals surface area (Å²) in [5, 5.41) is 6.29. The van der Waals surface area contributed by atoms with E-state index < -0.39 is 0 Å². The van der Waals surface area contributed by atoms with Gasteiger partial charge in [0.15, 0.2) is 0 Å². The highest BCUT2D eigenvalue weighted by Gasteiger charge is 2.10. The van der Waals surface area contributed by atoms with Gasteiger partial charge in [0.1, 0.15) is 11.0 Å². The number of pyridine rings is 1. The third kappa shape index (κ3) is 5.75. The van der Waals surface area contributed by atoms with E-state index in [1.165, 1.54) is 0 Å². The average Bonchev–Trinajstić information content (AvgIpc) is 2.42. The van der Waals surface area contributed by atoms with Gasteiger partial charge in [-0.2, -0.15) is 0 Å². The molecule has 0 aliphatic rings. The molecular formula is C14H22ClN3O2. The Morgan fingerprint density at radius 3 is 2.90 bits per heavy atom. The number of amides is 1. The number of hydrogen-bond acceptors (Lipinski definition) is 4. The number of halogens is 1. The molecule has 5 nitrogen and oxygen atoms in total. The fourth-order valence-corrected chi connectivity index (χ4v) is 1.89. The van der Waals surface area contributed by atoms with Crippen LogP contribution >= 0.6 is 11.6 Å². The second-order valence-corrected chi connectivity index (χ2v) is 5.15. The Labute approximate surface area is 125 Å². The molecule has 1 heterocycles. The highest BCUT2D eigenvalue weighted by molar-refractivity contribution is 6.29. The third-order valence-electron chi connectivity index (χ3n) is 2.67. The SMILES string of the molecule is CCCNc1cc(C(=O)NCC(C)COC)cc(Cl)n1. The molecule has 1 aromatic rings. The molecule has 0 aliphatic heterocycles. The van der Waals surface area contributed by atoms with Gasteiger partial charge in [-0.3, -0.25) is 4.79 Å². The van der Waals surface area contributed by atoms with Gasteiger partial charge in [-0.1, -0.05) is 25.4 Å². The topological polar surface area (TPSA) is 63.2 Å². The van der Waals surface area contributed by atoms with Crippen molar-refractivity contribution in [3.8, 4) is 0 Å². The van der Waals surface area contributed by atoms with E-state index in [2.05, 4.69) is 22.5 Å². The number of methoxy groups -OCH3 is 1. The monoisotopic (exact) mass is 299 g/mol. The first-order valence-corrected chi connectivity index (χ1v) is 7.13. The van der Waals surface area contributed by atoms with Crippen molar-refractivity contribution in [2.45, 2.75) is 20.3 Å². The predicted octanol–water partition coefficient (Wildman–Crippen LogP) is 2.57. The maximum absolute atomic E-state index is 12.1. The molecule has 0 aliphatic carbocycles. The molecule has 6 heteroatoms. The van der Waals surface area contributed by atoms with E-state index in [0.717, 1.165) is 13.0 Å². The minimum atomic E-state index is -0.156. The van der Waals surface area contributed by atoms with Gasteiger partial charge in [0.05, 0.1) is 6.61 Å². The van der Waals surface area contributed by atoms with Crippen molar-refractivity contribution in [1.29, 1.82) is 0 Å². The minimum absolute atomic E-state index is 0.156. The molecule has 1 rings (SSSR count). The van der Waals surface area contributed by atoms with Gasteiger partial charge in [0, 0.05) is 25.8 Å². The molecule has 0 spiro atoms. The van der Waals surface area contributed by atoms with Crippen LogP contribution in [0.15, 0.2) is 12.1 Å². The molecule has 0 aromatic carbocycles. The molecule has 1 amide bonds. The summed E-state index contributed by atoms with van der Waals surface area (Å²) in [5.41, 5.74) is 0.508. The van der Waals surface area contributed by atoms with Gasteiger partial charge < -0.3 is 15.4 Å². The van der Waals surface area contributed by atoms with Crippen molar-refractivity contribution in [2.75, 3.05) is 32.1 Å². The highest BCUT2D eigenvalue weighted by Crippen LogP contribution is 2.14. The van der Waals surface area contributed by atoms with Crippen LogP contribution in [0.3, 0.4) is 0 Å². The van der Waals surface area contributed by atoms with Crippen LogP contribution in [0.4, 0.5) is 5.82 Å². The van der Waals surface area contributed by atoms with Crippen molar-refractivity contribution < 1.29 is 9.53 Å². The zero-order chi connectivity index (χ0) is 15.0. The zero-order valence-electron chi connectivity index (χ0n) is 12.2. The van der Waals surface area contributed by atoms with Crippen LogP contribution < -0.4 is 10.6 Å². The van der Waals surface area contributed by atoms with E-state index >= 15 is 0 Å². The van der Waals surface area contributed by atoms with E-state index in [1.54, 1.807) is 19.2 Å². The van der Waals surface area contributed by atoms with Gasteiger partial charge >= 0.3 is 0 Å². The Bertz CT molecular complexity index is 440. The van der Waals surface area contributed by atoms with E-state index in [9.17, 15) is 4.79 Å². The first kappa shape index (κ1) is 16.7. The number of ether oxygens (including phenoxy) is 1. The molecule has 0 radical (unpaired) electrons. The molecule has 0 saturated carbocycles. The molecule has 1 unspecified atom stereocenters. The van der Waals surface area contributed by atoms with Gasteiger partial charge in [-0.15, -0.1) is 0 Å². The van der Waals surface area contributed by atoms with Crippen LogP contribution in [0.5, 0.6) is 0 Å². The summed E-state index contributed by atoms with van der Waals surface area (Å²) < 4.78 is 5.03. The first-order valence-electron chi connectivity index (χ1n) is 6.75. The number of carbonyl (C=O) groups excluding carboxylic acids is 1. The summed E-state index contributed by atoms with van der Waals surface area (Å²) >= 11 is 5.93. The van der Waals surface area contributed by atoms with Gasteiger partial charge in [0.2, 0.25) is 0 Å². The maximum Gasteiger partial charge on any atom is 0.251 e. The number of hydrogen-bond donors (Lipinski definition) is 2. The van der Waals surface area contributed by atoms with Crippen molar-refractivity contribution in [2.24, 2.45) is 5.92 Å². The van der Waals surface area contributed by atoms with E-state index in [-0.39, 0.29) is 11.8 Å². The van der Waals surface area contributed by atoms with Crippen LogP contribution in [-0.4, -0.2) is 37.7 Å². The number of nitrogens with zero attached hydrogens (tertiary/aromatic N) is 1. The highest BCUT2D eigenvalue weighted by atomic mass is 35.5. The predicted molar refractivity (Wildman–Crippen MR) is 81.4 cm³/mol. The van der Waals surface area contributed by atoms with Gasteiger partial charge in [0.25, 0.3) is 5.91 Å². The molecule has 2 N–H and O–H groups in total. The normalized spacial score (nSPS) is 12.0. The van der Waals surface area contributed by atoms with E-state index in [4.69, 9.17) is 16.3 Å². The second kappa shape index (κ2) is 8.76. The summed E-state index contributed by atoms with van der Waals surface area (Å²) in [5.74, 6) is 0.727. The number of carbonyl (C=O) groups is 1. The smallest absolute Gasteiger partial charge is 0.251 e.